The smallest absolute Gasteiger partial charge is 0.271 e. The van der Waals surface area contributed by atoms with Gasteiger partial charge < -0.3 is 9.51 Å². The van der Waals surface area contributed by atoms with Crippen LogP contribution in [0.2, 0.25) is 0 Å². The summed E-state index contributed by atoms with van der Waals surface area (Å²) >= 11 is 0. The number of H-pyrrole nitrogens is 1. The molecule has 0 saturated heterocycles. The molecule has 3 heterocycles. The molecule has 1 aromatic carbocycles. The highest BCUT2D eigenvalue weighted by Gasteiger charge is 2.36. The Kier molecular flexibility index (Phi) is 5.17. The first kappa shape index (κ1) is 21.2. The van der Waals surface area contributed by atoms with Gasteiger partial charge in [-0.05, 0) is 25.0 Å². The first-order valence-electron chi connectivity index (χ1n) is 10.1. The van der Waals surface area contributed by atoms with E-state index in [1.54, 1.807) is 30.3 Å². The maximum atomic E-state index is 14.2. The molecule has 4 aromatic rings. The molecule has 170 valence electrons. The normalized spacial score (nSPS) is 14.2. The molecule has 0 unspecified atom stereocenters. The summed E-state index contributed by atoms with van der Waals surface area (Å²) in [6.07, 6.45) is 3.96. The van der Waals surface area contributed by atoms with Crippen molar-refractivity contribution in [3.8, 4) is 22.9 Å². The predicted molar refractivity (Wildman–Crippen MR) is 115 cm³/mol. The minimum Gasteiger partial charge on any atom is -0.364 e. The van der Waals surface area contributed by atoms with E-state index in [0.29, 0.717) is 17.0 Å². The molecule has 1 saturated carbocycles. The third-order valence-corrected chi connectivity index (χ3v) is 7.39. The van der Waals surface area contributed by atoms with Crippen LogP contribution < -0.4 is 5.56 Å². The Morgan fingerprint density at radius 3 is 2.70 bits per heavy atom. The first-order chi connectivity index (χ1) is 15.8. The fourth-order valence-electron chi connectivity index (χ4n) is 3.48. The predicted octanol–water partition coefficient (Wildman–Crippen LogP) is 2.26. The van der Waals surface area contributed by atoms with Gasteiger partial charge in [-0.15, -0.1) is 0 Å². The van der Waals surface area contributed by atoms with E-state index < -0.39 is 20.5 Å². The highest BCUT2D eigenvalue weighted by molar-refractivity contribution is 7.89. The summed E-state index contributed by atoms with van der Waals surface area (Å²) in [4.78, 5) is 18.9. The molecule has 0 aliphatic heterocycles. The summed E-state index contributed by atoms with van der Waals surface area (Å²) in [7, 11) is -2.50. The Labute approximate surface area is 187 Å². The number of aromatic amines is 1. The average Bonchev–Trinajstić information content (AvgIpc) is 3.33. The second-order valence-electron chi connectivity index (χ2n) is 7.73. The van der Waals surface area contributed by atoms with Crippen molar-refractivity contribution in [2.45, 2.75) is 30.3 Å². The third-order valence-electron chi connectivity index (χ3n) is 5.49. The van der Waals surface area contributed by atoms with Crippen molar-refractivity contribution in [1.82, 2.24) is 29.2 Å². The maximum absolute atomic E-state index is 14.2. The van der Waals surface area contributed by atoms with Crippen LogP contribution in [-0.4, -0.2) is 50.7 Å². The van der Waals surface area contributed by atoms with Crippen molar-refractivity contribution >= 4 is 10.0 Å². The van der Waals surface area contributed by atoms with Gasteiger partial charge in [-0.3, -0.25) is 9.48 Å². The van der Waals surface area contributed by atoms with Gasteiger partial charge in [-0.25, -0.2) is 17.8 Å². The maximum Gasteiger partial charge on any atom is 0.271 e. The van der Waals surface area contributed by atoms with Crippen molar-refractivity contribution < 1.29 is 17.3 Å². The molecular formula is C21H19FN6O4S. The van der Waals surface area contributed by atoms with Crippen LogP contribution in [0.15, 0.2) is 63.1 Å². The van der Waals surface area contributed by atoms with Crippen molar-refractivity contribution in [2.24, 2.45) is 0 Å². The Morgan fingerprint density at radius 1 is 1.24 bits per heavy atom. The molecule has 0 amide bonds. The van der Waals surface area contributed by atoms with Crippen LogP contribution in [0.5, 0.6) is 0 Å². The molecule has 0 spiro atoms. The molecule has 3 aromatic heterocycles. The van der Waals surface area contributed by atoms with E-state index in [1.807, 2.05) is 0 Å². The van der Waals surface area contributed by atoms with Crippen LogP contribution >= 0.6 is 0 Å². The number of nitrogens with one attached hydrogen (secondary N) is 1. The van der Waals surface area contributed by atoms with Gasteiger partial charge in [-0.1, -0.05) is 23.4 Å². The Hall–Kier alpha value is -3.64. The van der Waals surface area contributed by atoms with Crippen LogP contribution in [0.4, 0.5) is 4.39 Å². The molecule has 5 rings (SSSR count). The summed E-state index contributed by atoms with van der Waals surface area (Å²) in [6, 6.07) is 9.45. The molecule has 1 aliphatic carbocycles. The summed E-state index contributed by atoms with van der Waals surface area (Å²) in [6.45, 7) is 0.0950. The zero-order valence-corrected chi connectivity index (χ0v) is 18.3. The van der Waals surface area contributed by atoms with Crippen molar-refractivity contribution in [3.63, 3.8) is 0 Å². The van der Waals surface area contributed by atoms with Gasteiger partial charge in [0, 0.05) is 24.7 Å². The quantitative estimate of drug-likeness (QED) is 0.439. The molecule has 1 N–H and O–H groups in total. The van der Waals surface area contributed by atoms with Gasteiger partial charge in [0.2, 0.25) is 10.0 Å². The van der Waals surface area contributed by atoms with Crippen molar-refractivity contribution in [3.05, 3.63) is 70.6 Å². The molecular weight excluding hydrogens is 451 g/mol. The minimum absolute atomic E-state index is 0.0741. The zero-order chi connectivity index (χ0) is 23.2. The third kappa shape index (κ3) is 3.98. The minimum atomic E-state index is -3.95. The molecule has 12 heteroatoms. The number of benzene rings is 1. The van der Waals surface area contributed by atoms with Gasteiger partial charge in [-0.2, -0.15) is 9.40 Å². The summed E-state index contributed by atoms with van der Waals surface area (Å²) in [5.74, 6) is -0.313. The standard InChI is InChI=1S/C21H19FN6O4S/c1-27(14-6-7-14)33(30,31)19-11-23-20(24-21(19)29)17-10-18(16-8-9-32-26-16)28(25-17)12-13-4-2-3-5-15(13)22/h2-5,8-11,14H,6-7,12H2,1H3,(H,23,24,29). The van der Waals surface area contributed by atoms with E-state index in [0.717, 1.165) is 19.0 Å². The van der Waals surface area contributed by atoms with Gasteiger partial charge >= 0.3 is 0 Å². The van der Waals surface area contributed by atoms with Gasteiger partial charge in [0.25, 0.3) is 5.56 Å². The Bertz CT molecular complexity index is 1470. The number of hydrogen-bond donors (Lipinski definition) is 1. The van der Waals surface area contributed by atoms with Crippen LogP contribution in [-0.2, 0) is 16.6 Å². The average molecular weight is 470 g/mol. The van der Waals surface area contributed by atoms with Gasteiger partial charge in [0.05, 0.1) is 18.4 Å². The number of rotatable bonds is 7. The monoisotopic (exact) mass is 470 g/mol. The van der Waals surface area contributed by atoms with Gasteiger partial charge in [0.1, 0.15) is 23.5 Å². The summed E-state index contributed by atoms with van der Waals surface area (Å²) < 4.78 is 47.3. The lowest BCUT2D eigenvalue weighted by molar-refractivity contribution is 0.421. The lowest BCUT2D eigenvalue weighted by Crippen LogP contribution is -2.33. The number of aromatic nitrogens is 5. The van der Waals surface area contributed by atoms with E-state index in [-0.39, 0.29) is 29.9 Å². The van der Waals surface area contributed by atoms with E-state index in [2.05, 4.69) is 20.2 Å². The summed E-state index contributed by atoms with van der Waals surface area (Å²) in [5, 5.41) is 8.37. The van der Waals surface area contributed by atoms with E-state index in [9.17, 15) is 17.6 Å². The largest absolute Gasteiger partial charge is 0.364 e. The van der Waals surface area contributed by atoms with Crippen LogP contribution in [0.25, 0.3) is 22.9 Å². The fraction of sp³-hybridized carbons (Fsp3) is 0.238. The zero-order valence-electron chi connectivity index (χ0n) is 17.5. The first-order valence-corrected chi connectivity index (χ1v) is 11.6. The SMILES string of the molecule is CN(C1CC1)S(=O)(=O)c1cnc(-c2cc(-c3ccon3)n(Cc3ccccc3F)n2)[nH]c1=O. The number of nitrogens with zero attached hydrogens (tertiary/aromatic N) is 5. The molecule has 1 aliphatic rings. The van der Waals surface area contributed by atoms with Crippen LogP contribution in [0.1, 0.15) is 18.4 Å². The second-order valence-corrected chi connectivity index (χ2v) is 9.69. The molecule has 10 nitrogen and oxygen atoms in total. The van der Waals surface area contributed by atoms with E-state index in [1.165, 1.54) is 28.4 Å². The fourth-order valence-corrected chi connectivity index (χ4v) is 4.86. The molecule has 0 atom stereocenters. The Morgan fingerprint density at radius 2 is 2.03 bits per heavy atom. The molecule has 1 fully saturated rings. The van der Waals surface area contributed by atoms with Crippen molar-refractivity contribution in [2.75, 3.05) is 7.05 Å². The molecule has 0 bridgehead atoms. The second kappa shape index (κ2) is 8.05. The van der Waals surface area contributed by atoms with Crippen molar-refractivity contribution in [1.29, 1.82) is 0 Å². The van der Waals surface area contributed by atoms with E-state index >= 15 is 0 Å². The number of halogens is 1. The number of sulfonamides is 1. The van der Waals surface area contributed by atoms with Gasteiger partial charge in [0.15, 0.2) is 10.7 Å². The number of hydrogen-bond acceptors (Lipinski definition) is 7. The lowest BCUT2D eigenvalue weighted by atomic mass is 10.2. The topological polar surface area (TPSA) is 127 Å². The highest BCUT2D eigenvalue weighted by Crippen LogP contribution is 2.30. The van der Waals surface area contributed by atoms with Crippen LogP contribution in [0.3, 0.4) is 0 Å². The lowest BCUT2D eigenvalue weighted by Gasteiger charge is -2.15. The molecule has 0 radical (unpaired) electrons. The summed E-state index contributed by atoms with van der Waals surface area (Å²) in [5.41, 5.74) is 0.843. The molecule has 33 heavy (non-hydrogen) atoms. The van der Waals surface area contributed by atoms with E-state index in [4.69, 9.17) is 4.52 Å². The Balaban J connectivity index is 1.54. The highest BCUT2D eigenvalue weighted by atomic mass is 32.2. The van der Waals surface area contributed by atoms with Crippen LogP contribution in [0, 0.1) is 5.82 Å².